The highest BCUT2D eigenvalue weighted by molar-refractivity contribution is 7.80. The fourth-order valence-electron chi connectivity index (χ4n) is 2.03. The van der Waals surface area contributed by atoms with Gasteiger partial charge in [0.25, 0.3) is 5.91 Å². The Morgan fingerprint density at radius 3 is 2.70 bits per heavy atom. The van der Waals surface area contributed by atoms with E-state index in [0.29, 0.717) is 17.1 Å². The van der Waals surface area contributed by atoms with Crippen molar-refractivity contribution >= 4 is 35.0 Å². The van der Waals surface area contributed by atoms with Crippen LogP contribution >= 0.6 is 12.2 Å². The number of phenols is 1. The molecule has 9 heteroatoms. The number of nitrogens with one attached hydrogen (secondary N) is 2. The maximum Gasteiger partial charge on any atom is 0.311 e. The zero-order valence-electron chi connectivity index (χ0n) is 11.4. The van der Waals surface area contributed by atoms with Gasteiger partial charge in [-0.15, -0.1) is 0 Å². The molecule has 0 aliphatic carbocycles. The second-order valence-electron chi connectivity index (χ2n) is 4.63. The largest absolute Gasteiger partial charge is 0.502 e. The number of phenolic OH excluding ortho intramolecular Hbond substituents is 1. The van der Waals surface area contributed by atoms with E-state index >= 15 is 0 Å². The van der Waals surface area contributed by atoms with Gasteiger partial charge in [-0.1, -0.05) is 0 Å². The number of nitro groups is 1. The van der Waals surface area contributed by atoms with Crippen LogP contribution in [-0.2, 0) is 4.79 Å². The zero-order chi connectivity index (χ0) is 16.6. The minimum Gasteiger partial charge on any atom is -0.502 e. The van der Waals surface area contributed by atoms with Crippen LogP contribution in [0.25, 0.3) is 17.4 Å². The monoisotopic (exact) mass is 331 g/mol. The van der Waals surface area contributed by atoms with Crippen LogP contribution in [0.1, 0.15) is 5.76 Å². The highest BCUT2D eigenvalue weighted by Gasteiger charge is 2.21. The molecule has 1 aromatic carbocycles. The second kappa shape index (κ2) is 5.54. The number of nitro benzene ring substituents is 1. The van der Waals surface area contributed by atoms with E-state index in [-0.39, 0.29) is 16.7 Å². The van der Waals surface area contributed by atoms with Gasteiger partial charge in [0, 0.05) is 17.7 Å². The summed E-state index contributed by atoms with van der Waals surface area (Å²) >= 11 is 4.82. The standard InChI is InChI=1S/C14H9N3O5S/c18-11-3-1-7(5-10(11)17(20)21)12-4-2-8(22-12)6-9-13(19)16-14(23)15-9/h1-6,18H,(H2,15,16,19,23). The van der Waals surface area contributed by atoms with Gasteiger partial charge in [-0.2, -0.15) is 0 Å². The lowest BCUT2D eigenvalue weighted by Crippen LogP contribution is -2.21. The molecule has 1 aromatic heterocycles. The minimum absolute atomic E-state index is 0.210. The van der Waals surface area contributed by atoms with E-state index in [4.69, 9.17) is 16.6 Å². The van der Waals surface area contributed by atoms with Gasteiger partial charge >= 0.3 is 5.69 Å². The van der Waals surface area contributed by atoms with Crippen LogP contribution in [0.3, 0.4) is 0 Å². The molecule has 1 amide bonds. The predicted octanol–water partition coefficient (Wildman–Crippen LogP) is 1.91. The summed E-state index contributed by atoms with van der Waals surface area (Å²) in [7, 11) is 0. The van der Waals surface area contributed by atoms with Gasteiger partial charge in [0.2, 0.25) is 0 Å². The van der Waals surface area contributed by atoms with Gasteiger partial charge in [-0.3, -0.25) is 20.2 Å². The molecule has 8 nitrogen and oxygen atoms in total. The van der Waals surface area contributed by atoms with Crippen molar-refractivity contribution in [2.24, 2.45) is 0 Å². The first-order valence-corrected chi connectivity index (χ1v) is 6.76. The Kier molecular flexibility index (Phi) is 3.54. The van der Waals surface area contributed by atoms with Crippen LogP contribution < -0.4 is 10.6 Å². The molecule has 0 bridgehead atoms. The molecular weight excluding hydrogens is 322 g/mol. The number of furan rings is 1. The molecule has 116 valence electrons. The average molecular weight is 331 g/mol. The number of hydrogen-bond acceptors (Lipinski definition) is 6. The second-order valence-corrected chi connectivity index (χ2v) is 5.04. The predicted molar refractivity (Wildman–Crippen MR) is 84.3 cm³/mol. The molecular formula is C14H9N3O5S. The third-order valence-corrected chi connectivity index (χ3v) is 3.29. The van der Waals surface area contributed by atoms with Crippen molar-refractivity contribution in [3.63, 3.8) is 0 Å². The van der Waals surface area contributed by atoms with E-state index in [0.717, 1.165) is 0 Å². The first-order chi connectivity index (χ1) is 10.9. The van der Waals surface area contributed by atoms with E-state index in [1.54, 1.807) is 12.1 Å². The third-order valence-electron chi connectivity index (χ3n) is 3.09. The number of nitrogens with zero attached hydrogens (tertiary/aromatic N) is 1. The van der Waals surface area contributed by atoms with Gasteiger partial charge in [0.05, 0.1) is 4.92 Å². The van der Waals surface area contributed by atoms with Crippen LogP contribution in [0.15, 0.2) is 40.4 Å². The topological polar surface area (TPSA) is 118 Å². The van der Waals surface area contributed by atoms with Crippen LogP contribution in [0.2, 0.25) is 0 Å². The van der Waals surface area contributed by atoms with Crippen molar-refractivity contribution in [2.45, 2.75) is 0 Å². The summed E-state index contributed by atoms with van der Waals surface area (Å²) in [6.45, 7) is 0. The minimum atomic E-state index is -0.682. The number of carbonyl (C=O) groups excluding carboxylic acids is 1. The lowest BCUT2D eigenvalue weighted by atomic mass is 10.1. The molecule has 1 fully saturated rings. The summed E-state index contributed by atoms with van der Waals surface area (Å²) in [5, 5.41) is 25.6. The first kappa shape index (κ1) is 14.7. The lowest BCUT2D eigenvalue weighted by Gasteiger charge is -1.99. The van der Waals surface area contributed by atoms with Gasteiger partial charge in [0.15, 0.2) is 10.9 Å². The van der Waals surface area contributed by atoms with Crippen molar-refractivity contribution in [2.75, 3.05) is 0 Å². The molecule has 2 aromatic rings. The smallest absolute Gasteiger partial charge is 0.311 e. The Morgan fingerprint density at radius 2 is 2.04 bits per heavy atom. The normalized spacial score (nSPS) is 15.6. The summed E-state index contributed by atoms with van der Waals surface area (Å²) < 4.78 is 5.55. The fraction of sp³-hybridized carbons (Fsp3) is 0. The van der Waals surface area contributed by atoms with Crippen molar-refractivity contribution < 1.29 is 19.2 Å². The number of aromatic hydroxyl groups is 1. The summed E-state index contributed by atoms with van der Waals surface area (Å²) in [5.41, 5.74) is 0.257. The maximum absolute atomic E-state index is 11.5. The van der Waals surface area contributed by atoms with Crippen LogP contribution in [0.5, 0.6) is 5.75 Å². The fourth-order valence-corrected chi connectivity index (χ4v) is 2.24. The molecule has 1 aliphatic heterocycles. The Bertz CT molecular complexity index is 871. The van der Waals surface area contributed by atoms with E-state index in [1.165, 1.54) is 24.3 Å². The molecule has 0 unspecified atom stereocenters. The molecule has 23 heavy (non-hydrogen) atoms. The molecule has 0 radical (unpaired) electrons. The number of benzene rings is 1. The van der Waals surface area contributed by atoms with Crippen molar-refractivity contribution in [1.29, 1.82) is 0 Å². The Balaban J connectivity index is 1.92. The molecule has 0 atom stereocenters. The third kappa shape index (κ3) is 2.90. The van der Waals surface area contributed by atoms with Gasteiger partial charge in [-0.25, -0.2) is 0 Å². The lowest BCUT2D eigenvalue weighted by molar-refractivity contribution is -0.385. The highest BCUT2D eigenvalue weighted by Crippen LogP contribution is 2.32. The van der Waals surface area contributed by atoms with E-state index < -0.39 is 16.4 Å². The number of thiocarbonyl (C=S) groups is 1. The molecule has 3 N–H and O–H groups in total. The Hall–Kier alpha value is -3.20. The maximum atomic E-state index is 11.5. The highest BCUT2D eigenvalue weighted by atomic mass is 32.1. The molecule has 0 saturated carbocycles. The summed E-state index contributed by atoms with van der Waals surface area (Å²) in [6.07, 6.45) is 1.47. The quantitative estimate of drug-likeness (QED) is 0.340. The van der Waals surface area contributed by atoms with Crippen LogP contribution in [0, 0.1) is 10.1 Å². The summed E-state index contributed by atoms with van der Waals surface area (Å²) in [5.74, 6) is -0.0554. The molecule has 3 rings (SSSR count). The Labute approximate surface area is 134 Å². The molecule has 1 aliphatic rings. The average Bonchev–Trinajstić information content (AvgIpc) is 3.06. The Morgan fingerprint density at radius 1 is 1.26 bits per heavy atom. The summed E-state index contributed by atoms with van der Waals surface area (Å²) in [6, 6.07) is 7.14. The first-order valence-electron chi connectivity index (χ1n) is 6.35. The SMILES string of the molecule is O=C1NC(=S)NC1=Cc1ccc(-c2ccc(O)c([N+](=O)[O-])c2)o1. The van der Waals surface area contributed by atoms with Crippen molar-refractivity contribution in [3.05, 3.63) is 51.9 Å². The summed E-state index contributed by atoms with van der Waals surface area (Å²) in [4.78, 5) is 21.7. The molecule has 0 spiro atoms. The van der Waals surface area contributed by atoms with Gasteiger partial charge < -0.3 is 14.8 Å². The van der Waals surface area contributed by atoms with E-state index in [1.807, 2.05) is 0 Å². The van der Waals surface area contributed by atoms with Gasteiger partial charge in [0.1, 0.15) is 17.2 Å². The zero-order valence-corrected chi connectivity index (χ0v) is 12.2. The van der Waals surface area contributed by atoms with E-state index in [2.05, 4.69) is 10.6 Å². The van der Waals surface area contributed by atoms with Crippen LogP contribution in [0.4, 0.5) is 5.69 Å². The number of amides is 1. The van der Waals surface area contributed by atoms with E-state index in [9.17, 15) is 20.0 Å². The number of carbonyl (C=O) groups is 1. The van der Waals surface area contributed by atoms with Crippen LogP contribution in [-0.4, -0.2) is 21.0 Å². The molecule has 2 heterocycles. The van der Waals surface area contributed by atoms with Gasteiger partial charge in [-0.05, 0) is 36.5 Å². The number of hydrogen-bond donors (Lipinski definition) is 3. The van der Waals surface area contributed by atoms with Crippen molar-refractivity contribution in [1.82, 2.24) is 10.6 Å². The number of rotatable bonds is 3. The van der Waals surface area contributed by atoms with Crippen molar-refractivity contribution in [3.8, 4) is 17.1 Å². The molecule has 1 saturated heterocycles.